The van der Waals surface area contributed by atoms with Gasteiger partial charge in [-0.2, -0.15) is 5.26 Å². The van der Waals surface area contributed by atoms with Gasteiger partial charge in [-0.25, -0.2) is 0 Å². The monoisotopic (exact) mass is 306 g/mol. The van der Waals surface area contributed by atoms with Gasteiger partial charge in [-0.15, -0.1) is 0 Å². The fourth-order valence-corrected chi connectivity index (χ4v) is 1.92. The van der Waals surface area contributed by atoms with E-state index in [1.165, 1.54) is 0 Å². The van der Waals surface area contributed by atoms with Crippen molar-refractivity contribution in [2.45, 2.75) is 13.3 Å². The zero-order chi connectivity index (χ0) is 16.5. The molecule has 2 aromatic rings. The average Bonchev–Trinajstić information content (AvgIpc) is 2.59. The summed E-state index contributed by atoms with van der Waals surface area (Å²) in [6, 6.07) is 18.3. The maximum Gasteiger partial charge on any atom is 0.266 e. The molecule has 0 aliphatic carbocycles. The molecule has 0 bridgehead atoms. The van der Waals surface area contributed by atoms with E-state index in [2.05, 4.69) is 5.32 Å². The topological polar surface area (TPSA) is 62.1 Å². The van der Waals surface area contributed by atoms with Crippen molar-refractivity contribution in [2.75, 3.05) is 11.9 Å². The van der Waals surface area contributed by atoms with Gasteiger partial charge in [0.15, 0.2) is 0 Å². The maximum absolute atomic E-state index is 12.1. The number of anilines is 1. The molecule has 0 radical (unpaired) electrons. The molecule has 0 saturated carbocycles. The second-order valence-corrected chi connectivity index (χ2v) is 4.91. The quantitative estimate of drug-likeness (QED) is 0.647. The molecule has 0 unspecified atom stereocenters. The van der Waals surface area contributed by atoms with Gasteiger partial charge in [0.1, 0.15) is 17.4 Å². The van der Waals surface area contributed by atoms with E-state index < -0.39 is 5.91 Å². The van der Waals surface area contributed by atoms with E-state index in [0.717, 1.165) is 17.7 Å². The first-order valence-corrected chi connectivity index (χ1v) is 7.44. The molecule has 0 saturated heterocycles. The number of hydrogen-bond acceptors (Lipinski definition) is 3. The summed E-state index contributed by atoms with van der Waals surface area (Å²) in [5.74, 6) is 0.348. The van der Waals surface area contributed by atoms with E-state index >= 15 is 0 Å². The highest BCUT2D eigenvalue weighted by Gasteiger charge is 2.09. The Kier molecular flexibility index (Phi) is 5.96. The maximum atomic E-state index is 12.1. The van der Waals surface area contributed by atoms with Crippen LogP contribution in [0.2, 0.25) is 0 Å². The van der Waals surface area contributed by atoms with Crippen molar-refractivity contribution in [3.63, 3.8) is 0 Å². The van der Waals surface area contributed by atoms with Gasteiger partial charge < -0.3 is 10.1 Å². The minimum absolute atomic E-state index is 0.0519. The van der Waals surface area contributed by atoms with Crippen LogP contribution >= 0.6 is 0 Å². The first-order valence-electron chi connectivity index (χ1n) is 7.44. The number of hydrogen-bond donors (Lipinski definition) is 1. The molecule has 2 aromatic carbocycles. The minimum atomic E-state index is -0.426. The molecule has 2 rings (SSSR count). The van der Waals surface area contributed by atoms with Crippen LogP contribution in [0, 0.1) is 11.3 Å². The van der Waals surface area contributed by atoms with Crippen LogP contribution in [-0.4, -0.2) is 12.5 Å². The summed E-state index contributed by atoms with van der Waals surface area (Å²) in [5.41, 5.74) is 1.48. The largest absolute Gasteiger partial charge is 0.494 e. The second-order valence-electron chi connectivity index (χ2n) is 4.91. The van der Waals surface area contributed by atoms with Crippen molar-refractivity contribution in [3.05, 3.63) is 65.7 Å². The van der Waals surface area contributed by atoms with Crippen molar-refractivity contribution in [1.29, 1.82) is 5.26 Å². The molecule has 4 nitrogen and oxygen atoms in total. The Morgan fingerprint density at radius 2 is 1.87 bits per heavy atom. The third-order valence-corrected chi connectivity index (χ3v) is 3.06. The van der Waals surface area contributed by atoms with E-state index in [0.29, 0.717) is 12.3 Å². The standard InChI is InChI=1S/C19H18N2O2/c1-2-12-23-18-10-8-15(9-11-18)13-16(14-20)19(22)21-17-6-4-3-5-7-17/h3-11,13H,2,12H2,1H3,(H,21,22). The number of carbonyl (C=O) groups excluding carboxylic acids is 1. The van der Waals surface area contributed by atoms with E-state index in [1.807, 2.05) is 55.5 Å². The van der Waals surface area contributed by atoms with Crippen LogP contribution in [0.25, 0.3) is 6.08 Å². The Bertz CT molecular complexity index is 713. The lowest BCUT2D eigenvalue weighted by molar-refractivity contribution is -0.112. The predicted molar refractivity (Wildman–Crippen MR) is 90.9 cm³/mol. The zero-order valence-corrected chi connectivity index (χ0v) is 13.0. The summed E-state index contributed by atoms with van der Waals surface area (Å²) >= 11 is 0. The first-order chi connectivity index (χ1) is 11.2. The molecule has 4 heteroatoms. The highest BCUT2D eigenvalue weighted by atomic mass is 16.5. The van der Waals surface area contributed by atoms with Crippen LogP contribution < -0.4 is 10.1 Å². The lowest BCUT2D eigenvalue weighted by atomic mass is 10.1. The molecule has 0 aliphatic heterocycles. The molecule has 116 valence electrons. The number of ether oxygens (including phenoxy) is 1. The Morgan fingerprint density at radius 1 is 1.17 bits per heavy atom. The Labute approximate surface area is 136 Å². The summed E-state index contributed by atoms with van der Waals surface area (Å²) in [7, 11) is 0. The molecule has 0 fully saturated rings. The second kappa shape index (κ2) is 8.40. The van der Waals surface area contributed by atoms with Gasteiger partial charge in [0.25, 0.3) is 5.91 Å². The van der Waals surface area contributed by atoms with E-state index in [-0.39, 0.29) is 5.57 Å². The average molecular weight is 306 g/mol. The lowest BCUT2D eigenvalue weighted by Gasteiger charge is -2.05. The Morgan fingerprint density at radius 3 is 2.48 bits per heavy atom. The van der Waals surface area contributed by atoms with E-state index in [9.17, 15) is 10.1 Å². The van der Waals surface area contributed by atoms with E-state index in [1.54, 1.807) is 18.2 Å². The number of nitriles is 1. The van der Waals surface area contributed by atoms with Gasteiger partial charge in [0.2, 0.25) is 0 Å². The number of para-hydroxylation sites is 1. The van der Waals surface area contributed by atoms with E-state index in [4.69, 9.17) is 4.74 Å². The fourth-order valence-electron chi connectivity index (χ4n) is 1.92. The lowest BCUT2D eigenvalue weighted by Crippen LogP contribution is -2.13. The minimum Gasteiger partial charge on any atom is -0.494 e. The normalized spacial score (nSPS) is 10.7. The fraction of sp³-hybridized carbons (Fsp3) is 0.158. The SMILES string of the molecule is CCCOc1ccc(C=C(C#N)C(=O)Nc2ccccc2)cc1. The molecule has 1 N–H and O–H groups in total. The van der Waals surface area contributed by atoms with Crippen LogP contribution in [0.4, 0.5) is 5.69 Å². The first kappa shape index (κ1) is 16.3. The van der Waals surface area contributed by atoms with Crippen molar-refractivity contribution in [1.82, 2.24) is 0 Å². The molecule has 0 atom stereocenters. The number of carbonyl (C=O) groups is 1. The van der Waals surface area contributed by atoms with Gasteiger partial charge in [-0.05, 0) is 42.3 Å². The van der Waals surface area contributed by atoms with Crippen molar-refractivity contribution in [2.24, 2.45) is 0 Å². The highest BCUT2D eigenvalue weighted by molar-refractivity contribution is 6.09. The Balaban J connectivity index is 2.09. The third kappa shape index (κ3) is 5.01. The van der Waals surface area contributed by atoms with Gasteiger partial charge in [0.05, 0.1) is 6.61 Å². The summed E-state index contributed by atoms with van der Waals surface area (Å²) in [5, 5.41) is 11.9. The van der Waals surface area contributed by atoms with Crippen LogP contribution in [0.15, 0.2) is 60.2 Å². The third-order valence-electron chi connectivity index (χ3n) is 3.06. The number of amides is 1. The van der Waals surface area contributed by atoms with Gasteiger partial charge in [0, 0.05) is 5.69 Å². The van der Waals surface area contributed by atoms with Crippen molar-refractivity contribution in [3.8, 4) is 11.8 Å². The molecule has 0 aliphatic rings. The molecule has 0 heterocycles. The van der Waals surface area contributed by atoms with Crippen LogP contribution in [-0.2, 0) is 4.79 Å². The van der Waals surface area contributed by atoms with Crippen molar-refractivity contribution >= 4 is 17.7 Å². The van der Waals surface area contributed by atoms with Gasteiger partial charge in [-0.1, -0.05) is 37.3 Å². The molecular weight excluding hydrogens is 288 g/mol. The number of nitrogens with zero attached hydrogens (tertiary/aromatic N) is 1. The highest BCUT2D eigenvalue weighted by Crippen LogP contribution is 2.15. The smallest absolute Gasteiger partial charge is 0.266 e. The molecule has 1 amide bonds. The summed E-state index contributed by atoms with van der Waals surface area (Å²) in [4.78, 5) is 12.1. The van der Waals surface area contributed by atoms with Crippen LogP contribution in [0.3, 0.4) is 0 Å². The summed E-state index contributed by atoms with van der Waals surface area (Å²) in [6.45, 7) is 2.71. The number of nitrogens with one attached hydrogen (secondary N) is 1. The van der Waals surface area contributed by atoms with Crippen molar-refractivity contribution < 1.29 is 9.53 Å². The molecule has 0 spiro atoms. The molecule has 0 aromatic heterocycles. The Hall–Kier alpha value is -3.06. The molecular formula is C19H18N2O2. The number of benzene rings is 2. The zero-order valence-electron chi connectivity index (χ0n) is 13.0. The van der Waals surface area contributed by atoms with Gasteiger partial charge in [-0.3, -0.25) is 4.79 Å². The number of rotatable bonds is 6. The van der Waals surface area contributed by atoms with Gasteiger partial charge >= 0.3 is 0 Å². The van der Waals surface area contributed by atoms with Crippen LogP contribution in [0.5, 0.6) is 5.75 Å². The summed E-state index contributed by atoms with van der Waals surface area (Å²) < 4.78 is 5.50. The summed E-state index contributed by atoms with van der Waals surface area (Å²) in [6.07, 6.45) is 2.50. The predicted octanol–water partition coefficient (Wildman–Crippen LogP) is 4.02. The molecule has 23 heavy (non-hydrogen) atoms. The van der Waals surface area contributed by atoms with Crippen LogP contribution in [0.1, 0.15) is 18.9 Å².